The van der Waals surface area contributed by atoms with Crippen LogP contribution in [0.5, 0.6) is 0 Å². The van der Waals surface area contributed by atoms with Gasteiger partial charge in [-0.15, -0.1) is 0 Å². The maximum atomic E-state index is 12.2. The van der Waals surface area contributed by atoms with Crippen LogP contribution >= 0.6 is 12.2 Å². The zero-order valence-electron chi connectivity index (χ0n) is 17.9. The lowest BCUT2D eigenvalue weighted by Gasteiger charge is -2.32. The Morgan fingerprint density at radius 3 is 2.25 bits per heavy atom. The van der Waals surface area contributed by atoms with Gasteiger partial charge in [-0.1, -0.05) is 91.0 Å². The second-order valence-electron chi connectivity index (χ2n) is 8.92. The van der Waals surface area contributed by atoms with E-state index in [2.05, 4.69) is 34.9 Å². The Morgan fingerprint density at radius 1 is 0.875 bits per heavy atom. The van der Waals surface area contributed by atoms with Crippen LogP contribution in [0.1, 0.15) is 29.5 Å². The highest BCUT2D eigenvalue weighted by atomic mass is 32.1. The van der Waals surface area contributed by atoms with Gasteiger partial charge in [0.05, 0.1) is 0 Å². The van der Waals surface area contributed by atoms with Crippen LogP contribution in [0.2, 0.25) is 0 Å². The van der Waals surface area contributed by atoms with Crippen molar-refractivity contribution < 1.29 is 5.11 Å². The molecule has 2 bridgehead atoms. The van der Waals surface area contributed by atoms with E-state index >= 15 is 0 Å². The third-order valence-electron chi connectivity index (χ3n) is 6.77. The summed E-state index contributed by atoms with van der Waals surface area (Å²) in [6.07, 6.45) is 7.47. The Balaban J connectivity index is 1.44. The molecule has 2 aliphatic rings. The van der Waals surface area contributed by atoms with Gasteiger partial charge in [0.2, 0.25) is 0 Å². The van der Waals surface area contributed by atoms with E-state index in [0.717, 1.165) is 28.8 Å². The molecule has 3 N–H and O–H groups in total. The highest BCUT2D eigenvalue weighted by Crippen LogP contribution is 2.40. The number of rotatable bonds is 6. The zero-order valence-corrected chi connectivity index (χ0v) is 18.8. The van der Waals surface area contributed by atoms with Crippen molar-refractivity contribution >= 4 is 23.0 Å². The van der Waals surface area contributed by atoms with Crippen LogP contribution in [0, 0.1) is 11.8 Å². The zero-order chi connectivity index (χ0) is 22.0. The summed E-state index contributed by atoms with van der Waals surface area (Å²) in [6.45, 7) is 0. The summed E-state index contributed by atoms with van der Waals surface area (Å²) < 4.78 is 0. The largest absolute Gasteiger partial charge is 0.380 e. The molecule has 0 radical (unpaired) electrons. The van der Waals surface area contributed by atoms with Crippen LogP contribution in [-0.2, 0) is 12.0 Å². The second-order valence-corrected chi connectivity index (χ2v) is 9.33. The lowest BCUT2D eigenvalue weighted by atomic mass is 9.80. The smallest absolute Gasteiger partial charge is 0.171 e. The average Bonchev–Trinajstić information content (AvgIpc) is 3.44. The Bertz CT molecular complexity index is 1110. The third kappa shape index (κ3) is 4.21. The minimum absolute atomic E-state index is 0.384. The van der Waals surface area contributed by atoms with Gasteiger partial charge in [-0.3, -0.25) is 0 Å². The molecule has 32 heavy (non-hydrogen) atoms. The highest BCUT2D eigenvalue weighted by Gasteiger charge is 2.37. The monoisotopic (exact) mass is 440 g/mol. The molecule has 0 aromatic heterocycles. The molecule has 5 rings (SSSR count). The van der Waals surface area contributed by atoms with Gasteiger partial charge in [-0.05, 0) is 54.1 Å². The van der Waals surface area contributed by atoms with Gasteiger partial charge in [0.25, 0.3) is 0 Å². The molecule has 4 atom stereocenters. The van der Waals surface area contributed by atoms with Gasteiger partial charge < -0.3 is 15.7 Å². The molecular formula is C28H28N2OS. The fourth-order valence-electron chi connectivity index (χ4n) is 5.18. The first-order chi connectivity index (χ1) is 15.6. The van der Waals surface area contributed by atoms with E-state index in [4.69, 9.17) is 12.2 Å². The normalized spacial score (nSPS) is 23.0. The number of fused-ring (bicyclic) bond motifs is 2. The van der Waals surface area contributed by atoms with Crippen molar-refractivity contribution in [1.82, 2.24) is 5.32 Å². The Kier molecular flexibility index (Phi) is 5.81. The summed E-state index contributed by atoms with van der Waals surface area (Å²) in [4.78, 5) is 0. The first kappa shape index (κ1) is 20.9. The van der Waals surface area contributed by atoms with Crippen molar-refractivity contribution in [3.05, 3.63) is 114 Å². The summed E-state index contributed by atoms with van der Waals surface area (Å²) in [7, 11) is 0. The van der Waals surface area contributed by atoms with E-state index in [9.17, 15) is 5.11 Å². The van der Waals surface area contributed by atoms with Gasteiger partial charge in [0, 0.05) is 23.7 Å². The topological polar surface area (TPSA) is 44.3 Å². The Labute approximate surface area is 195 Å². The van der Waals surface area contributed by atoms with Crippen LogP contribution < -0.4 is 10.6 Å². The molecule has 3 aromatic rings. The van der Waals surface area contributed by atoms with Crippen molar-refractivity contribution in [2.75, 3.05) is 5.32 Å². The second kappa shape index (κ2) is 8.89. The molecule has 0 heterocycles. The lowest BCUT2D eigenvalue weighted by Crippen LogP contribution is -2.40. The molecule has 1 fully saturated rings. The van der Waals surface area contributed by atoms with E-state index < -0.39 is 5.60 Å². The third-order valence-corrected chi connectivity index (χ3v) is 6.99. The molecule has 4 heteroatoms. The van der Waals surface area contributed by atoms with E-state index in [-0.39, 0.29) is 0 Å². The number of hydrogen-bond acceptors (Lipinski definition) is 2. The number of aliphatic hydroxyl groups is 1. The standard InChI is InChI=1S/C28H28N2OS/c31-28(23-11-5-2-6-12-23,19-20-9-3-1-4-10-20)24-13-7-8-14-25(24)29-27(32)30-26-18-21-15-16-22(26)17-21/h1-16,21-22,26,31H,17-19H2,(H2,29,30,32)/t21-,22-,26+,28-/m0/s1. The first-order valence-corrected chi connectivity index (χ1v) is 11.7. The summed E-state index contributed by atoms with van der Waals surface area (Å²) in [6, 6.07) is 28.3. The van der Waals surface area contributed by atoms with Crippen molar-refractivity contribution in [3.8, 4) is 0 Å². The van der Waals surface area contributed by atoms with Crippen LogP contribution in [0.4, 0.5) is 5.69 Å². The molecule has 3 aromatic carbocycles. The maximum Gasteiger partial charge on any atom is 0.171 e. The summed E-state index contributed by atoms with van der Waals surface area (Å²) in [5.41, 5.74) is 2.37. The maximum absolute atomic E-state index is 12.2. The van der Waals surface area contributed by atoms with Crippen molar-refractivity contribution in [1.29, 1.82) is 0 Å². The molecule has 0 amide bonds. The van der Waals surface area contributed by atoms with Gasteiger partial charge in [0.15, 0.2) is 5.11 Å². The number of allylic oxidation sites excluding steroid dienone is 1. The van der Waals surface area contributed by atoms with E-state index in [0.29, 0.717) is 29.4 Å². The van der Waals surface area contributed by atoms with Gasteiger partial charge in [0.1, 0.15) is 5.60 Å². The molecule has 1 saturated carbocycles. The van der Waals surface area contributed by atoms with Crippen LogP contribution in [-0.4, -0.2) is 16.3 Å². The first-order valence-electron chi connectivity index (χ1n) is 11.3. The number of nitrogens with one attached hydrogen (secondary N) is 2. The van der Waals surface area contributed by atoms with Gasteiger partial charge >= 0.3 is 0 Å². The van der Waals surface area contributed by atoms with E-state index in [1.54, 1.807) is 0 Å². The molecule has 0 spiro atoms. The van der Waals surface area contributed by atoms with E-state index in [1.165, 1.54) is 6.42 Å². The van der Waals surface area contributed by atoms with E-state index in [1.807, 2.05) is 72.8 Å². The Morgan fingerprint density at radius 2 is 1.56 bits per heavy atom. The molecule has 162 valence electrons. The summed E-state index contributed by atoms with van der Waals surface area (Å²) in [5, 5.41) is 19.7. The fraction of sp³-hybridized carbons (Fsp3) is 0.250. The predicted octanol–water partition coefficient (Wildman–Crippen LogP) is 5.42. The summed E-state index contributed by atoms with van der Waals surface area (Å²) in [5.74, 6) is 1.25. The Hall–Kier alpha value is -2.95. The number of thiocarbonyl (C=S) groups is 1. The van der Waals surface area contributed by atoms with Crippen LogP contribution in [0.25, 0.3) is 0 Å². The number of hydrogen-bond donors (Lipinski definition) is 3. The quantitative estimate of drug-likeness (QED) is 0.354. The molecule has 0 saturated heterocycles. The number of anilines is 1. The van der Waals surface area contributed by atoms with Crippen molar-refractivity contribution in [2.24, 2.45) is 11.8 Å². The van der Waals surface area contributed by atoms with Gasteiger partial charge in [-0.2, -0.15) is 0 Å². The highest BCUT2D eigenvalue weighted by molar-refractivity contribution is 7.80. The van der Waals surface area contributed by atoms with Crippen molar-refractivity contribution in [2.45, 2.75) is 30.9 Å². The van der Waals surface area contributed by atoms with Gasteiger partial charge in [-0.25, -0.2) is 0 Å². The molecule has 3 nitrogen and oxygen atoms in total. The summed E-state index contributed by atoms with van der Waals surface area (Å²) >= 11 is 5.69. The minimum Gasteiger partial charge on any atom is -0.380 e. The van der Waals surface area contributed by atoms with Crippen LogP contribution in [0.3, 0.4) is 0 Å². The molecule has 2 aliphatic carbocycles. The van der Waals surface area contributed by atoms with Crippen LogP contribution in [0.15, 0.2) is 97.1 Å². The molecule has 0 unspecified atom stereocenters. The number of benzene rings is 3. The van der Waals surface area contributed by atoms with Crippen molar-refractivity contribution in [3.63, 3.8) is 0 Å². The minimum atomic E-state index is -1.20. The lowest BCUT2D eigenvalue weighted by molar-refractivity contribution is 0.0819. The fourth-order valence-corrected chi connectivity index (χ4v) is 5.45. The average molecular weight is 441 g/mol. The number of para-hydroxylation sites is 1. The molecular weight excluding hydrogens is 412 g/mol. The SMILES string of the molecule is O[C@@](Cc1ccccc1)(c1ccccc1)c1ccccc1NC(=S)N[C@@H]1C[C@H]2C=C[C@H]1C2. The predicted molar refractivity (Wildman–Crippen MR) is 135 cm³/mol. The molecule has 0 aliphatic heterocycles.